The number of benzene rings is 1. The maximum absolute atomic E-state index is 11.4. The van der Waals surface area contributed by atoms with Crippen LogP contribution in [0.25, 0.3) is 0 Å². The van der Waals surface area contributed by atoms with Crippen LogP contribution in [0.2, 0.25) is 0 Å². The number of nitrogens with zero attached hydrogens (tertiary/aromatic N) is 1. The molecule has 1 aromatic carbocycles. The molecule has 1 aliphatic heterocycles. The van der Waals surface area contributed by atoms with Crippen LogP contribution in [0.4, 0.5) is 5.69 Å². The molecule has 5 nitrogen and oxygen atoms in total. The number of nitrogens with one attached hydrogen (secondary N) is 1. The Bertz CT molecular complexity index is 452. The molecule has 1 aliphatic rings. The third-order valence-corrected chi connectivity index (χ3v) is 3.77. The average molecular weight is 264 g/mol. The Morgan fingerprint density at radius 3 is 2.26 bits per heavy atom. The van der Waals surface area contributed by atoms with Gasteiger partial charge in [0.15, 0.2) is 0 Å². The standard InChI is InChI=1S/C14H20N2O3/c1-15-12(13(17)18)14(8-19-9-14)10-4-6-11(7-5-10)16(2)3/h4-7,12,15H,8-9H2,1-3H3,(H,17,18). The fraction of sp³-hybridized carbons (Fsp3) is 0.500. The summed E-state index contributed by atoms with van der Waals surface area (Å²) in [6.45, 7) is 0.873. The van der Waals surface area contributed by atoms with Gasteiger partial charge < -0.3 is 20.1 Å². The molecule has 104 valence electrons. The average Bonchev–Trinajstić information content (AvgIpc) is 2.33. The minimum Gasteiger partial charge on any atom is -0.480 e. The molecular weight excluding hydrogens is 244 g/mol. The molecule has 0 amide bonds. The van der Waals surface area contributed by atoms with E-state index in [0.29, 0.717) is 13.2 Å². The van der Waals surface area contributed by atoms with Crippen molar-refractivity contribution in [2.24, 2.45) is 0 Å². The lowest BCUT2D eigenvalue weighted by molar-refractivity contribution is -0.150. The van der Waals surface area contributed by atoms with Crippen molar-refractivity contribution in [2.75, 3.05) is 39.3 Å². The number of carboxylic acid groups (broad SMARTS) is 1. The summed E-state index contributed by atoms with van der Waals surface area (Å²) in [5.41, 5.74) is 1.63. The number of carboxylic acids is 1. The predicted molar refractivity (Wildman–Crippen MR) is 73.7 cm³/mol. The Hall–Kier alpha value is -1.59. The molecule has 1 atom stereocenters. The van der Waals surface area contributed by atoms with Gasteiger partial charge in [-0.2, -0.15) is 0 Å². The van der Waals surface area contributed by atoms with Crippen molar-refractivity contribution in [3.8, 4) is 0 Å². The van der Waals surface area contributed by atoms with E-state index in [-0.39, 0.29) is 0 Å². The van der Waals surface area contributed by atoms with Crippen molar-refractivity contribution in [3.63, 3.8) is 0 Å². The lowest BCUT2D eigenvalue weighted by atomic mass is 9.72. The summed E-state index contributed by atoms with van der Waals surface area (Å²) in [6, 6.07) is 7.36. The maximum Gasteiger partial charge on any atom is 0.321 e. The van der Waals surface area contributed by atoms with Crippen LogP contribution in [0.5, 0.6) is 0 Å². The number of hydrogen-bond donors (Lipinski definition) is 2. The lowest BCUT2D eigenvalue weighted by Gasteiger charge is -2.45. The Balaban J connectivity index is 2.33. The zero-order chi connectivity index (χ0) is 14.0. The highest BCUT2D eigenvalue weighted by molar-refractivity contribution is 5.76. The predicted octanol–water partition coefficient (Wildman–Crippen LogP) is 0.693. The van der Waals surface area contributed by atoms with E-state index in [1.54, 1.807) is 7.05 Å². The first-order valence-electron chi connectivity index (χ1n) is 6.27. The van der Waals surface area contributed by atoms with Crippen LogP contribution in [0.15, 0.2) is 24.3 Å². The van der Waals surface area contributed by atoms with Crippen molar-refractivity contribution in [3.05, 3.63) is 29.8 Å². The molecule has 0 radical (unpaired) electrons. The topological polar surface area (TPSA) is 61.8 Å². The summed E-state index contributed by atoms with van der Waals surface area (Å²) in [4.78, 5) is 13.4. The molecule has 0 aliphatic carbocycles. The summed E-state index contributed by atoms with van der Waals surface area (Å²) in [5, 5.41) is 12.2. The minimum absolute atomic E-state index is 0.437. The van der Waals surface area contributed by atoms with Crippen LogP contribution in [0, 0.1) is 0 Å². The Kier molecular flexibility index (Phi) is 3.78. The summed E-state index contributed by atoms with van der Waals surface area (Å²) < 4.78 is 5.29. The molecule has 2 N–H and O–H groups in total. The van der Waals surface area contributed by atoms with Gasteiger partial charge in [-0.25, -0.2) is 0 Å². The molecule has 0 aromatic heterocycles. The molecule has 1 fully saturated rings. The van der Waals surface area contributed by atoms with Crippen LogP contribution < -0.4 is 10.2 Å². The number of aliphatic carboxylic acids is 1. The molecule has 0 spiro atoms. The first-order valence-corrected chi connectivity index (χ1v) is 6.27. The number of carbonyl (C=O) groups is 1. The van der Waals surface area contributed by atoms with E-state index in [0.717, 1.165) is 11.3 Å². The van der Waals surface area contributed by atoms with Crippen molar-refractivity contribution in [2.45, 2.75) is 11.5 Å². The molecule has 1 unspecified atom stereocenters. The highest BCUT2D eigenvalue weighted by atomic mass is 16.5. The van der Waals surface area contributed by atoms with Gasteiger partial charge in [0.2, 0.25) is 0 Å². The molecule has 2 rings (SSSR count). The number of anilines is 1. The monoisotopic (exact) mass is 264 g/mol. The summed E-state index contributed by atoms with van der Waals surface area (Å²) >= 11 is 0. The van der Waals surface area contributed by atoms with Crippen LogP contribution in [0.3, 0.4) is 0 Å². The van der Waals surface area contributed by atoms with Crippen LogP contribution in [0.1, 0.15) is 5.56 Å². The molecular formula is C14H20N2O3. The van der Waals surface area contributed by atoms with Gasteiger partial charge in [-0.15, -0.1) is 0 Å². The fourth-order valence-electron chi connectivity index (χ4n) is 2.55. The van der Waals surface area contributed by atoms with E-state index in [1.165, 1.54) is 0 Å². The lowest BCUT2D eigenvalue weighted by Crippen LogP contribution is -2.62. The number of likely N-dealkylation sites (N-methyl/N-ethyl adjacent to an activating group) is 1. The van der Waals surface area contributed by atoms with Crippen LogP contribution >= 0.6 is 0 Å². The first-order chi connectivity index (χ1) is 9.01. The third-order valence-electron chi connectivity index (χ3n) is 3.77. The van der Waals surface area contributed by atoms with E-state index in [1.807, 2.05) is 43.3 Å². The normalized spacial score (nSPS) is 18.5. The second-order valence-electron chi connectivity index (χ2n) is 5.15. The Morgan fingerprint density at radius 2 is 1.95 bits per heavy atom. The molecule has 1 heterocycles. The number of ether oxygens (including phenoxy) is 1. The van der Waals surface area contributed by atoms with Crippen LogP contribution in [-0.2, 0) is 14.9 Å². The summed E-state index contributed by atoms with van der Waals surface area (Å²) in [7, 11) is 5.63. The molecule has 5 heteroatoms. The van der Waals surface area contributed by atoms with Gasteiger partial charge in [-0.1, -0.05) is 12.1 Å². The van der Waals surface area contributed by atoms with E-state index >= 15 is 0 Å². The fourth-order valence-corrected chi connectivity index (χ4v) is 2.55. The highest BCUT2D eigenvalue weighted by Crippen LogP contribution is 2.36. The highest BCUT2D eigenvalue weighted by Gasteiger charge is 2.50. The zero-order valence-electron chi connectivity index (χ0n) is 11.5. The summed E-state index contributed by atoms with van der Waals surface area (Å²) in [6.07, 6.45) is 0. The second kappa shape index (κ2) is 5.19. The smallest absolute Gasteiger partial charge is 0.321 e. The van der Waals surface area contributed by atoms with Crippen molar-refractivity contribution in [1.82, 2.24) is 5.32 Å². The molecule has 19 heavy (non-hydrogen) atoms. The molecule has 1 saturated heterocycles. The van der Waals surface area contributed by atoms with Gasteiger partial charge in [-0.3, -0.25) is 4.79 Å². The van der Waals surface area contributed by atoms with E-state index in [4.69, 9.17) is 4.74 Å². The minimum atomic E-state index is -0.845. The van der Waals surface area contributed by atoms with Crippen LogP contribution in [-0.4, -0.2) is 51.5 Å². The van der Waals surface area contributed by atoms with E-state index < -0.39 is 17.4 Å². The Labute approximate surface area is 113 Å². The third kappa shape index (κ3) is 2.31. The van der Waals surface area contributed by atoms with E-state index in [2.05, 4.69) is 5.32 Å². The van der Waals surface area contributed by atoms with Gasteiger partial charge >= 0.3 is 5.97 Å². The molecule has 1 aromatic rings. The van der Waals surface area contributed by atoms with Crippen molar-refractivity contribution >= 4 is 11.7 Å². The molecule has 0 bridgehead atoms. The SMILES string of the molecule is CNC(C(=O)O)C1(c2ccc(N(C)C)cc2)COC1. The van der Waals surface area contributed by atoms with E-state index in [9.17, 15) is 9.90 Å². The number of rotatable bonds is 5. The van der Waals surface area contributed by atoms with Crippen molar-refractivity contribution in [1.29, 1.82) is 0 Å². The largest absolute Gasteiger partial charge is 0.480 e. The second-order valence-corrected chi connectivity index (χ2v) is 5.15. The quantitative estimate of drug-likeness (QED) is 0.819. The van der Waals surface area contributed by atoms with Gasteiger partial charge in [0.05, 0.1) is 18.6 Å². The van der Waals surface area contributed by atoms with Gasteiger partial charge in [0, 0.05) is 19.8 Å². The van der Waals surface area contributed by atoms with Crippen molar-refractivity contribution < 1.29 is 14.6 Å². The summed E-state index contributed by atoms with van der Waals surface area (Å²) in [5.74, 6) is -0.845. The van der Waals surface area contributed by atoms with Gasteiger partial charge in [-0.05, 0) is 24.7 Å². The number of hydrogen-bond acceptors (Lipinski definition) is 4. The molecule has 0 saturated carbocycles. The Morgan fingerprint density at radius 1 is 1.37 bits per heavy atom. The van der Waals surface area contributed by atoms with Gasteiger partial charge in [0.1, 0.15) is 6.04 Å². The van der Waals surface area contributed by atoms with Gasteiger partial charge in [0.25, 0.3) is 0 Å². The zero-order valence-corrected chi connectivity index (χ0v) is 11.5. The first kappa shape index (κ1) is 13.8. The maximum atomic E-state index is 11.4.